The molecule has 0 atom stereocenters. The minimum atomic E-state index is 0.254. The number of halogens is 1. The predicted octanol–water partition coefficient (Wildman–Crippen LogP) is 2.99. The number of aromatic hydroxyl groups is 1. The van der Waals surface area contributed by atoms with Crippen molar-refractivity contribution in [2.45, 2.75) is 6.42 Å². The largest absolute Gasteiger partial charge is 0.508 e. The average Bonchev–Trinajstić information content (AvgIpc) is 2.73. The number of nitrogens with zero attached hydrogens (tertiary/aromatic N) is 3. The molecule has 1 aliphatic heterocycles. The Morgan fingerprint density at radius 2 is 1.93 bits per heavy atom. The van der Waals surface area contributed by atoms with Gasteiger partial charge in [0.25, 0.3) is 0 Å². The maximum atomic E-state index is 10.1. The van der Waals surface area contributed by atoms with E-state index in [1.807, 2.05) is 30.3 Å². The lowest BCUT2D eigenvalue weighted by Gasteiger charge is -2.38. The molecule has 0 aliphatic carbocycles. The van der Waals surface area contributed by atoms with Gasteiger partial charge in [-0.05, 0) is 30.2 Å². The van der Waals surface area contributed by atoms with Crippen molar-refractivity contribution < 1.29 is 9.84 Å². The van der Waals surface area contributed by atoms with Crippen molar-refractivity contribution >= 4 is 23.2 Å². The second-order valence-corrected chi connectivity index (χ2v) is 7.05. The van der Waals surface area contributed by atoms with Gasteiger partial charge in [0.2, 0.25) is 0 Å². The van der Waals surface area contributed by atoms with E-state index in [9.17, 15) is 5.11 Å². The van der Waals surface area contributed by atoms with Crippen LogP contribution in [0.15, 0.2) is 47.5 Å². The Morgan fingerprint density at radius 3 is 2.57 bits per heavy atom. The molecule has 6 nitrogen and oxygen atoms in total. The predicted molar refractivity (Wildman–Crippen MR) is 115 cm³/mol. The molecule has 0 unspecified atom stereocenters. The summed E-state index contributed by atoms with van der Waals surface area (Å²) >= 11 is 6.32. The quantitative estimate of drug-likeness (QED) is 0.594. The fourth-order valence-corrected chi connectivity index (χ4v) is 3.65. The van der Waals surface area contributed by atoms with Crippen molar-refractivity contribution in [1.82, 2.24) is 10.2 Å². The Balaban J connectivity index is 1.51. The van der Waals surface area contributed by atoms with Crippen molar-refractivity contribution in [3.8, 4) is 11.5 Å². The summed E-state index contributed by atoms with van der Waals surface area (Å²) in [5.74, 6) is 1.79. The van der Waals surface area contributed by atoms with Crippen LogP contribution in [-0.4, -0.2) is 62.8 Å². The lowest BCUT2D eigenvalue weighted by Crippen LogP contribution is -2.52. The summed E-state index contributed by atoms with van der Waals surface area (Å²) in [4.78, 5) is 8.97. The first kappa shape index (κ1) is 20.1. The third kappa shape index (κ3) is 4.81. The minimum absolute atomic E-state index is 0.254. The van der Waals surface area contributed by atoms with Gasteiger partial charge < -0.3 is 25.0 Å². The molecule has 7 heteroatoms. The number of phenols is 1. The van der Waals surface area contributed by atoms with Gasteiger partial charge >= 0.3 is 0 Å². The molecule has 1 aliphatic rings. The summed E-state index contributed by atoms with van der Waals surface area (Å²) in [6.07, 6.45) is 0.703. The topological polar surface area (TPSA) is 60.3 Å². The Labute approximate surface area is 171 Å². The normalized spacial score (nSPS) is 14.9. The number of anilines is 1. The smallest absolute Gasteiger partial charge is 0.193 e. The second kappa shape index (κ2) is 9.55. The molecule has 150 valence electrons. The summed E-state index contributed by atoms with van der Waals surface area (Å²) in [6.45, 7) is 4.22. The molecule has 2 aromatic rings. The summed E-state index contributed by atoms with van der Waals surface area (Å²) in [5.41, 5.74) is 1.97. The van der Waals surface area contributed by atoms with Crippen molar-refractivity contribution in [3.05, 3.63) is 53.1 Å². The first-order valence-corrected chi connectivity index (χ1v) is 9.81. The van der Waals surface area contributed by atoms with Crippen molar-refractivity contribution in [2.75, 3.05) is 51.8 Å². The molecule has 0 bridgehead atoms. The van der Waals surface area contributed by atoms with Gasteiger partial charge in [0, 0.05) is 45.8 Å². The second-order valence-electron chi connectivity index (χ2n) is 6.64. The molecule has 0 saturated carbocycles. The summed E-state index contributed by atoms with van der Waals surface area (Å²) in [6, 6.07) is 13.3. The molecular formula is C21H27ClN4O2. The fourth-order valence-electron chi connectivity index (χ4n) is 3.39. The lowest BCUT2D eigenvalue weighted by molar-refractivity contribution is 0.372. The van der Waals surface area contributed by atoms with Crippen LogP contribution in [0.5, 0.6) is 11.5 Å². The number of aliphatic imine (C=N–C) groups is 1. The molecular weight excluding hydrogens is 376 g/mol. The van der Waals surface area contributed by atoms with Crippen LogP contribution in [0.3, 0.4) is 0 Å². The Morgan fingerprint density at radius 1 is 1.18 bits per heavy atom. The number of ether oxygens (including phenoxy) is 1. The highest BCUT2D eigenvalue weighted by Crippen LogP contribution is 2.26. The third-order valence-corrected chi connectivity index (χ3v) is 5.27. The number of benzene rings is 2. The molecule has 2 N–H and O–H groups in total. The van der Waals surface area contributed by atoms with Gasteiger partial charge in [-0.2, -0.15) is 0 Å². The molecule has 0 spiro atoms. The zero-order chi connectivity index (χ0) is 19.9. The van der Waals surface area contributed by atoms with Crippen LogP contribution < -0.4 is 15.0 Å². The molecule has 1 heterocycles. The van der Waals surface area contributed by atoms with Crippen LogP contribution in [-0.2, 0) is 6.42 Å². The minimum Gasteiger partial charge on any atom is -0.508 e. The molecule has 2 aromatic carbocycles. The molecule has 28 heavy (non-hydrogen) atoms. The SMILES string of the molecule is CN=C(NCCc1ccc(OC)cc1O)N1CCN(c2ccccc2Cl)CC1. The van der Waals surface area contributed by atoms with Gasteiger partial charge in [-0.25, -0.2) is 0 Å². The first-order valence-electron chi connectivity index (χ1n) is 9.43. The van der Waals surface area contributed by atoms with E-state index in [1.165, 1.54) is 0 Å². The van der Waals surface area contributed by atoms with E-state index in [1.54, 1.807) is 20.2 Å². The van der Waals surface area contributed by atoms with Crippen LogP contribution >= 0.6 is 11.6 Å². The van der Waals surface area contributed by atoms with Crippen LogP contribution in [0.25, 0.3) is 0 Å². The maximum Gasteiger partial charge on any atom is 0.193 e. The van der Waals surface area contributed by atoms with Gasteiger partial charge in [-0.3, -0.25) is 4.99 Å². The van der Waals surface area contributed by atoms with Crippen LogP contribution in [0, 0.1) is 0 Å². The van der Waals surface area contributed by atoms with E-state index in [4.69, 9.17) is 16.3 Å². The first-order chi connectivity index (χ1) is 13.6. The number of guanidine groups is 1. The van der Waals surface area contributed by atoms with Crippen LogP contribution in [0.2, 0.25) is 5.02 Å². The molecule has 0 radical (unpaired) electrons. The highest BCUT2D eigenvalue weighted by molar-refractivity contribution is 6.33. The Kier molecular flexibility index (Phi) is 6.87. The number of para-hydroxylation sites is 1. The number of methoxy groups -OCH3 is 1. The van der Waals surface area contributed by atoms with Gasteiger partial charge in [-0.1, -0.05) is 29.8 Å². The van der Waals surface area contributed by atoms with Gasteiger partial charge in [0.15, 0.2) is 5.96 Å². The van der Waals surface area contributed by atoms with E-state index >= 15 is 0 Å². The maximum absolute atomic E-state index is 10.1. The molecule has 1 saturated heterocycles. The zero-order valence-corrected chi connectivity index (χ0v) is 17.1. The van der Waals surface area contributed by atoms with Crippen LogP contribution in [0.4, 0.5) is 5.69 Å². The Bertz CT molecular complexity index is 820. The Hall–Kier alpha value is -2.60. The van der Waals surface area contributed by atoms with E-state index in [0.29, 0.717) is 18.7 Å². The van der Waals surface area contributed by atoms with E-state index in [-0.39, 0.29) is 5.75 Å². The number of rotatable bonds is 5. The number of phenolic OH excluding ortho intramolecular Hbond substituents is 1. The zero-order valence-electron chi connectivity index (χ0n) is 16.4. The number of hydrogen-bond donors (Lipinski definition) is 2. The number of piperazine rings is 1. The summed E-state index contributed by atoms with van der Waals surface area (Å²) in [5, 5.41) is 14.3. The summed E-state index contributed by atoms with van der Waals surface area (Å²) in [7, 11) is 3.39. The fraction of sp³-hybridized carbons (Fsp3) is 0.381. The average molecular weight is 403 g/mol. The van der Waals surface area contributed by atoms with Crippen molar-refractivity contribution in [2.24, 2.45) is 4.99 Å². The van der Waals surface area contributed by atoms with E-state index in [0.717, 1.165) is 48.4 Å². The van der Waals surface area contributed by atoms with Crippen molar-refractivity contribution in [1.29, 1.82) is 0 Å². The van der Waals surface area contributed by atoms with Gasteiger partial charge in [-0.15, -0.1) is 0 Å². The highest BCUT2D eigenvalue weighted by atomic mass is 35.5. The third-order valence-electron chi connectivity index (χ3n) is 4.95. The van der Waals surface area contributed by atoms with E-state index in [2.05, 4.69) is 26.2 Å². The lowest BCUT2D eigenvalue weighted by atomic mass is 10.1. The van der Waals surface area contributed by atoms with E-state index < -0.39 is 0 Å². The van der Waals surface area contributed by atoms with Crippen molar-refractivity contribution in [3.63, 3.8) is 0 Å². The number of nitrogens with one attached hydrogen (secondary N) is 1. The monoisotopic (exact) mass is 402 g/mol. The van der Waals surface area contributed by atoms with Gasteiger partial charge in [0.05, 0.1) is 17.8 Å². The molecule has 0 aromatic heterocycles. The molecule has 3 rings (SSSR count). The van der Waals surface area contributed by atoms with Crippen LogP contribution in [0.1, 0.15) is 5.56 Å². The van der Waals surface area contributed by atoms with Gasteiger partial charge in [0.1, 0.15) is 11.5 Å². The number of hydrogen-bond acceptors (Lipinski definition) is 4. The highest BCUT2D eigenvalue weighted by Gasteiger charge is 2.20. The molecule has 1 fully saturated rings. The standard InChI is InChI=1S/C21H27ClN4O2/c1-23-21(24-10-9-16-7-8-17(28-2)15-20(16)27)26-13-11-25(12-14-26)19-6-4-3-5-18(19)22/h3-8,15,27H,9-14H2,1-2H3,(H,23,24). The molecule has 0 amide bonds. The summed E-state index contributed by atoms with van der Waals surface area (Å²) < 4.78 is 5.12.